The van der Waals surface area contributed by atoms with E-state index in [-0.39, 0.29) is 16.6 Å². The zero-order valence-electron chi connectivity index (χ0n) is 19.0. The van der Waals surface area contributed by atoms with E-state index in [0.29, 0.717) is 17.1 Å². The van der Waals surface area contributed by atoms with Crippen LogP contribution in [-0.4, -0.2) is 28.7 Å². The molecule has 0 saturated heterocycles. The SMILES string of the molecule is Cc1ccc(-c2[nH]c3c(c2-c2c(-n4cccc4)n(C)c(=O)[nH]c2=O)c(=O)[nH]c(=O)n3C)c(C)c1. The monoisotopic (exact) mass is 458 g/mol. The van der Waals surface area contributed by atoms with Crippen molar-refractivity contribution in [1.82, 2.24) is 28.7 Å². The molecule has 0 aliphatic heterocycles. The number of nitrogens with zero attached hydrogens (tertiary/aromatic N) is 3. The number of hydrogen-bond acceptors (Lipinski definition) is 4. The Bertz CT molecular complexity index is 1830. The van der Waals surface area contributed by atoms with Crippen LogP contribution in [0.2, 0.25) is 0 Å². The second-order valence-corrected chi connectivity index (χ2v) is 8.34. The standard InChI is InChI=1S/C24H22N6O4/c1-12-7-8-14(13(2)11-12)18-15(16-19(25-18)28(3)23(33)26-20(16)31)17-21(32)27-24(34)29(4)22(17)30-9-5-6-10-30/h5-11,25H,1-4H3,(H,26,31,33)(H,27,32,34). The van der Waals surface area contributed by atoms with Crippen LogP contribution in [0.5, 0.6) is 0 Å². The van der Waals surface area contributed by atoms with Gasteiger partial charge in [0.15, 0.2) is 0 Å². The molecule has 10 nitrogen and oxygen atoms in total. The molecule has 10 heteroatoms. The highest BCUT2D eigenvalue weighted by atomic mass is 16.2. The fourth-order valence-corrected chi connectivity index (χ4v) is 4.46. The molecule has 5 aromatic rings. The molecule has 0 radical (unpaired) electrons. The van der Waals surface area contributed by atoms with E-state index < -0.39 is 22.5 Å². The lowest BCUT2D eigenvalue weighted by atomic mass is 9.96. The van der Waals surface area contributed by atoms with Crippen LogP contribution < -0.4 is 22.5 Å². The normalized spacial score (nSPS) is 11.4. The first-order valence-electron chi connectivity index (χ1n) is 10.6. The lowest BCUT2D eigenvalue weighted by Crippen LogP contribution is -2.33. The molecule has 0 fully saturated rings. The van der Waals surface area contributed by atoms with Crippen LogP contribution >= 0.6 is 0 Å². The van der Waals surface area contributed by atoms with Gasteiger partial charge < -0.3 is 9.55 Å². The smallest absolute Gasteiger partial charge is 0.329 e. The molecular formula is C24H22N6O4. The van der Waals surface area contributed by atoms with Crippen LogP contribution in [0.4, 0.5) is 0 Å². The van der Waals surface area contributed by atoms with E-state index in [1.165, 1.54) is 16.2 Å². The fraction of sp³-hybridized carbons (Fsp3) is 0.167. The summed E-state index contributed by atoms with van der Waals surface area (Å²) < 4.78 is 4.25. The summed E-state index contributed by atoms with van der Waals surface area (Å²) in [6.45, 7) is 3.90. The third-order valence-corrected chi connectivity index (χ3v) is 6.11. The van der Waals surface area contributed by atoms with Crippen LogP contribution in [0.1, 0.15) is 11.1 Å². The third-order valence-electron chi connectivity index (χ3n) is 6.11. The van der Waals surface area contributed by atoms with Crippen molar-refractivity contribution in [1.29, 1.82) is 0 Å². The number of hydrogen-bond donors (Lipinski definition) is 3. The second kappa shape index (κ2) is 7.48. The van der Waals surface area contributed by atoms with Gasteiger partial charge in [0, 0.05) is 37.6 Å². The predicted octanol–water partition coefficient (Wildman–Crippen LogP) is 1.68. The number of H-pyrrole nitrogens is 3. The van der Waals surface area contributed by atoms with Gasteiger partial charge in [-0.2, -0.15) is 0 Å². The maximum atomic E-state index is 13.4. The first-order valence-corrected chi connectivity index (χ1v) is 10.6. The molecule has 0 unspecified atom stereocenters. The molecule has 0 saturated carbocycles. The molecular weight excluding hydrogens is 436 g/mol. The van der Waals surface area contributed by atoms with E-state index in [9.17, 15) is 19.2 Å². The second-order valence-electron chi connectivity index (χ2n) is 8.34. The Morgan fingerprint density at radius 3 is 2.09 bits per heavy atom. The van der Waals surface area contributed by atoms with Crippen LogP contribution in [0.3, 0.4) is 0 Å². The Kier molecular flexibility index (Phi) is 4.67. The lowest BCUT2D eigenvalue weighted by molar-refractivity contribution is 0.755. The molecule has 0 spiro atoms. The predicted molar refractivity (Wildman–Crippen MR) is 130 cm³/mol. The summed E-state index contributed by atoms with van der Waals surface area (Å²) >= 11 is 0. The molecule has 0 amide bonds. The quantitative estimate of drug-likeness (QED) is 0.380. The van der Waals surface area contributed by atoms with Gasteiger partial charge >= 0.3 is 11.4 Å². The third kappa shape index (κ3) is 3.03. The van der Waals surface area contributed by atoms with Gasteiger partial charge in [-0.25, -0.2) is 9.59 Å². The van der Waals surface area contributed by atoms with Crippen LogP contribution in [0.25, 0.3) is 39.2 Å². The zero-order chi connectivity index (χ0) is 24.3. The van der Waals surface area contributed by atoms with Gasteiger partial charge in [-0.05, 0) is 31.5 Å². The number of aromatic nitrogens is 6. The van der Waals surface area contributed by atoms with E-state index in [4.69, 9.17) is 0 Å². The van der Waals surface area contributed by atoms with Crippen molar-refractivity contribution in [2.45, 2.75) is 13.8 Å². The molecule has 0 aliphatic rings. The average molecular weight is 458 g/mol. The van der Waals surface area contributed by atoms with Gasteiger partial charge in [-0.1, -0.05) is 23.8 Å². The summed E-state index contributed by atoms with van der Waals surface area (Å²) in [4.78, 5) is 59.2. The molecule has 3 N–H and O–H groups in total. The number of aryl methyl sites for hydroxylation is 3. The zero-order valence-corrected chi connectivity index (χ0v) is 19.0. The lowest BCUT2D eigenvalue weighted by Gasteiger charge is -2.15. The molecule has 4 heterocycles. The molecule has 34 heavy (non-hydrogen) atoms. The van der Waals surface area contributed by atoms with Crippen molar-refractivity contribution < 1.29 is 0 Å². The van der Waals surface area contributed by atoms with Gasteiger partial charge in [0.1, 0.15) is 11.5 Å². The summed E-state index contributed by atoms with van der Waals surface area (Å²) in [5.41, 5.74) is 1.47. The summed E-state index contributed by atoms with van der Waals surface area (Å²) in [5.74, 6) is 0.291. The Balaban J connectivity index is 2.07. The molecule has 5 rings (SSSR count). The van der Waals surface area contributed by atoms with E-state index in [1.807, 2.05) is 32.0 Å². The summed E-state index contributed by atoms with van der Waals surface area (Å²) in [6, 6.07) is 9.36. The van der Waals surface area contributed by atoms with Crippen LogP contribution in [0.15, 0.2) is 61.9 Å². The first kappa shape index (κ1) is 21.3. The summed E-state index contributed by atoms with van der Waals surface area (Å²) in [5, 5.41) is 0.148. The maximum Gasteiger partial charge on any atom is 0.329 e. The number of benzene rings is 1. The van der Waals surface area contributed by atoms with E-state index >= 15 is 0 Å². The molecule has 0 aliphatic carbocycles. The molecule has 1 aromatic carbocycles. The van der Waals surface area contributed by atoms with Crippen LogP contribution in [-0.2, 0) is 14.1 Å². The number of nitrogens with one attached hydrogen (secondary N) is 3. The Morgan fingerprint density at radius 1 is 0.765 bits per heavy atom. The highest BCUT2D eigenvalue weighted by molar-refractivity contribution is 6.03. The van der Waals surface area contributed by atoms with E-state index in [0.717, 1.165) is 16.7 Å². The average Bonchev–Trinajstić information content (AvgIpc) is 3.43. The van der Waals surface area contributed by atoms with Crippen molar-refractivity contribution in [3.8, 4) is 28.2 Å². The van der Waals surface area contributed by atoms with Crippen molar-refractivity contribution in [3.05, 3.63) is 95.5 Å². The Labute approximate surface area is 191 Å². The maximum absolute atomic E-state index is 13.4. The van der Waals surface area contributed by atoms with E-state index in [1.54, 1.807) is 36.1 Å². The molecule has 4 aromatic heterocycles. The summed E-state index contributed by atoms with van der Waals surface area (Å²) in [7, 11) is 3.08. The van der Waals surface area contributed by atoms with Crippen molar-refractivity contribution >= 4 is 11.0 Å². The number of rotatable bonds is 3. The minimum Gasteiger partial charge on any atom is -0.340 e. The van der Waals surface area contributed by atoms with Gasteiger partial charge in [0.05, 0.1) is 16.6 Å². The number of aromatic amines is 3. The highest BCUT2D eigenvalue weighted by Crippen LogP contribution is 2.38. The fourth-order valence-electron chi connectivity index (χ4n) is 4.46. The molecule has 0 atom stereocenters. The van der Waals surface area contributed by atoms with E-state index in [2.05, 4.69) is 15.0 Å². The van der Waals surface area contributed by atoms with Gasteiger partial charge in [-0.3, -0.25) is 28.7 Å². The minimum absolute atomic E-state index is 0.128. The molecule has 0 bridgehead atoms. The molecule has 172 valence electrons. The minimum atomic E-state index is -0.646. The topological polar surface area (TPSA) is 130 Å². The van der Waals surface area contributed by atoms with Gasteiger partial charge in [0.2, 0.25) is 0 Å². The number of fused-ring (bicyclic) bond motifs is 1. The largest absolute Gasteiger partial charge is 0.340 e. The Hall–Kier alpha value is -4.60. The first-order chi connectivity index (χ1) is 16.2. The summed E-state index contributed by atoms with van der Waals surface area (Å²) in [6.07, 6.45) is 3.42. The van der Waals surface area contributed by atoms with Crippen molar-refractivity contribution in [3.63, 3.8) is 0 Å². The Morgan fingerprint density at radius 2 is 1.41 bits per heavy atom. The van der Waals surface area contributed by atoms with Crippen molar-refractivity contribution in [2.75, 3.05) is 0 Å². The van der Waals surface area contributed by atoms with Gasteiger partial charge in [-0.15, -0.1) is 0 Å². The highest BCUT2D eigenvalue weighted by Gasteiger charge is 2.27. The van der Waals surface area contributed by atoms with Gasteiger partial charge in [0.25, 0.3) is 11.1 Å². The van der Waals surface area contributed by atoms with Crippen LogP contribution in [0, 0.1) is 13.8 Å². The van der Waals surface area contributed by atoms with Crippen molar-refractivity contribution in [2.24, 2.45) is 14.1 Å².